The topological polar surface area (TPSA) is 52.7 Å². The number of allylic oxidation sites excluding steroid dienone is 1. The van der Waals surface area contributed by atoms with Gasteiger partial charge in [0.2, 0.25) is 11.8 Å². The van der Waals surface area contributed by atoms with E-state index in [-0.39, 0.29) is 22.9 Å². The highest BCUT2D eigenvalue weighted by molar-refractivity contribution is 8.03. The van der Waals surface area contributed by atoms with Gasteiger partial charge in [-0.15, -0.1) is 23.4 Å². The first-order chi connectivity index (χ1) is 15.1. The molecule has 0 radical (unpaired) electrons. The van der Waals surface area contributed by atoms with Gasteiger partial charge in [0, 0.05) is 36.6 Å². The van der Waals surface area contributed by atoms with E-state index in [9.17, 15) is 22.8 Å². The van der Waals surface area contributed by atoms with Crippen molar-refractivity contribution in [2.75, 3.05) is 30.4 Å². The summed E-state index contributed by atoms with van der Waals surface area (Å²) < 4.78 is 40.1. The summed E-state index contributed by atoms with van der Waals surface area (Å²) in [5.41, 5.74) is -0.861. The number of alkyl halides is 4. The molecule has 3 rings (SSSR count). The van der Waals surface area contributed by atoms with Gasteiger partial charge in [0.05, 0.1) is 5.56 Å². The molecule has 32 heavy (non-hydrogen) atoms. The highest BCUT2D eigenvalue weighted by Gasteiger charge is 2.42. The maximum atomic E-state index is 13.8. The third-order valence-electron chi connectivity index (χ3n) is 5.76. The highest BCUT2D eigenvalue weighted by Crippen LogP contribution is 2.36. The van der Waals surface area contributed by atoms with Crippen molar-refractivity contribution in [3.8, 4) is 0 Å². The number of piperazine rings is 1. The fourth-order valence-corrected chi connectivity index (χ4v) is 5.17. The second-order valence-electron chi connectivity index (χ2n) is 8.26. The molecule has 2 heterocycles. The number of halogens is 4. The van der Waals surface area contributed by atoms with Crippen molar-refractivity contribution >= 4 is 40.9 Å². The Bertz CT molecular complexity index is 857. The van der Waals surface area contributed by atoms with Gasteiger partial charge in [0.1, 0.15) is 11.9 Å². The Hall–Kier alpha value is -1.71. The normalized spacial score (nSPS) is 22.3. The summed E-state index contributed by atoms with van der Waals surface area (Å²) in [6, 6.07) is 3.66. The number of hydrogen-bond donors (Lipinski definition) is 1. The van der Waals surface area contributed by atoms with Crippen molar-refractivity contribution in [2.45, 2.75) is 43.8 Å². The minimum absolute atomic E-state index is 0.0202. The first kappa shape index (κ1) is 24.9. The number of hydrogen-bond acceptors (Lipinski definition) is 4. The summed E-state index contributed by atoms with van der Waals surface area (Å²) in [7, 11) is 0. The van der Waals surface area contributed by atoms with Crippen molar-refractivity contribution in [1.82, 2.24) is 10.2 Å². The van der Waals surface area contributed by atoms with E-state index in [1.807, 2.05) is 11.5 Å². The highest BCUT2D eigenvalue weighted by atomic mass is 35.5. The fourth-order valence-electron chi connectivity index (χ4n) is 4.01. The Morgan fingerprint density at radius 3 is 2.69 bits per heavy atom. The van der Waals surface area contributed by atoms with E-state index in [0.29, 0.717) is 32.0 Å². The summed E-state index contributed by atoms with van der Waals surface area (Å²) in [6.45, 7) is 5.68. The Morgan fingerprint density at radius 1 is 1.34 bits per heavy atom. The number of thioether (sulfide) groups is 1. The van der Waals surface area contributed by atoms with Gasteiger partial charge in [0.15, 0.2) is 0 Å². The first-order valence-electron chi connectivity index (χ1n) is 10.5. The Morgan fingerprint density at radius 2 is 2.09 bits per heavy atom. The monoisotopic (exact) mass is 489 g/mol. The lowest BCUT2D eigenvalue weighted by molar-refractivity contribution is -0.137. The smallest absolute Gasteiger partial charge is 0.338 e. The van der Waals surface area contributed by atoms with Gasteiger partial charge >= 0.3 is 6.18 Å². The number of anilines is 1. The van der Waals surface area contributed by atoms with Crippen LogP contribution >= 0.6 is 23.4 Å². The standard InChI is InChI=1S/C22H27ClF3N3O2S/c1-14(2)17-13-28(9-8-27-17)21(31)20(18-7-4-10-32-18)29(19(30)12-23)16-6-3-5-15(11-16)22(24,25)26/h3-6,10-11,14,17-18,20,27H,7-9,12-13H2,1-2H3/t17-,18?,20-/m1/s1. The lowest BCUT2D eigenvalue weighted by Gasteiger charge is -2.41. The van der Waals surface area contributed by atoms with Crippen LogP contribution in [0, 0.1) is 5.92 Å². The average molecular weight is 490 g/mol. The number of benzene rings is 1. The number of carbonyl (C=O) groups is 2. The summed E-state index contributed by atoms with van der Waals surface area (Å²) in [5.74, 6) is -1.02. The maximum Gasteiger partial charge on any atom is 0.416 e. The Kier molecular flexibility index (Phi) is 8.16. The van der Waals surface area contributed by atoms with E-state index in [4.69, 9.17) is 11.6 Å². The molecule has 10 heteroatoms. The minimum Gasteiger partial charge on any atom is -0.338 e. The molecule has 2 amide bonds. The van der Waals surface area contributed by atoms with Crippen LogP contribution in [0.3, 0.4) is 0 Å². The van der Waals surface area contributed by atoms with E-state index in [1.54, 1.807) is 4.90 Å². The molecular formula is C22H27ClF3N3O2S. The molecule has 1 fully saturated rings. The molecule has 2 aliphatic rings. The van der Waals surface area contributed by atoms with Crippen molar-refractivity contribution in [1.29, 1.82) is 0 Å². The number of nitrogens with zero attached hydrogens (tertiary/aromatic N) is 2. The Labute approximate surface area is 195 Å². The van der Waals surface area contributed by atoms with Gasteiger partial charge < -0.3 is 10.2 Å². The van der Waals surface area contributed by atoms with Gasteiger partial charge in [0.25, 0.3) is 0 Å². The number of amides is 2. The predicted octanol–water partition coefficient (Wildman–Crippen LogP) is 4.12. The number of carbonyl (C=O) groups excluding carboxylic acids is 2. The molecule has 0 spiro atoms. The molecule has 1 N–H and O–H groups in total. The maximum absolute atomic E-state index is 13.8. The van der Waals surface area contributed by atoms with Gasteiger partial charge in [-0.3, -0.25) is 14.5 Å². The zero-order valence-electron chi connectivity index (χ0n) is 17.9. The molecule has 1 saturated heterocycles. The lowest BCUT2D eigenvalue weighted by atomic mass is 10.00. The molecule has 1 aromatic rings. The van der Waals surface area contributed by atoms with Crippen LogP contribution in [-0.4, -0.2) is 59.6 Å². The van der Waals surface area contributed by atoms with Crippen LogP contribution in [0.2, 0.25) is 0 Å². The molecule has 2 aliphatic heterocycles. The summed E-state index contributed by atoms with van der Waals surface area (Å²) in [6.07, 6.45) is -2.14. The van der Waals surface area contributed by atoms with Crippen molar-refractivity contribution in [2.24, 2.45) is 5.92 Å². The molecule has 5 nitrogen and oxygen atoms in total. The predicted molar refractivity (Wildman–Crippen MR) is 122 cm³/mol. The molecule has 0 aromatic heterocycles. The van der Waals surface area contributed by atoms with Crippen LogP contribution < -0.4 is 10.2 Å². The van der Waals surface area contributed by atoms with Gasteiger partial charge in [-0.25, -0.2) is 0 Å². The van der Waals surface area contributed by atoms with Crippen LogP contribution in [-0.2, 0) is 15.8 Å². The van der Waals surface area contributed by atoms with Gasteiger partial charge in [-0.1, -0.05) is 26.0 Å². The average Bonchev–Trinajstić information content (AvgIpc) is 3.30. The summed E-state index contributed by atoms with van der Waals surface area (Å²) in [4.78, 5) is 29.6. The summed E-state index contributed by atoms with van der Waals surface area (Å²) in [5, 5.41) is 4.94. The van der Waals surface area contributed by atoms with Crippen molar-refractivity contribution in [3.63, 3.8) is 0 Å². The van der Waals surface area contributed by atoms with Crippen molar-refractivity contribution < 1.29 is 22.8 Å². The second-order valence-corrected chi connectivity index (χ2v) is 9.68. The molecule has 1 aromatic carbocycles. The third kappa shape index (κ3) is 5.61. The lowest BCUT2D eigenvalue weighted by Crippen LogP contribution is -2.61. The van der Waals surface area contributed by atoms with E-state index in [0.717, 1.165) is 12.1 Å². The summed E-state index contributed by atoms with van der Waals surface area (Å²) >= 11 is 7.27. The van der Waals surface area contributed by atoms with Crippen LogP contribution in [0.15, 0.2) is 35.7 Å². The molecule has 0 aliphatic carbocycles. The molecule has 176 valence electrons. The second kappa shape index (κ2) is 10.5. The van der Waals surface area contributed by atoms with Crippen LogP contribution in [0.5, 0.6) is 0 Å². The minimum atomic E-state index is -4.57. The largest absolute Gasteiger partial charge is 0.416 e. The number of rotatable bonds is 6. The van der Waals surface area contributed by atoms with E-state index in [2.05, 4.69) is 19.2 Å². The number of nitrogens with one attached hydrogen (secondary N) is 1. The van der Waals surface area contributed by atoms with Crippen LogP contribution in [0.4, 0.5) is 18.9 Å². The van der Waals surface area contributed by atoms with Crippen molar-refractivity contribution in [3.05, 3.63) is 41.3 Å². The molecule has 3 atom stereocenters. The zero-order chi connectivity index (χ0) is 23.5. The third-order valence-corrected chi connectivity index (χ3v) is 7.14. The molecular weight excluding hydrogens is 463 g/mol. The quantitative estimate of drug-likeness (QED) is 0.611. The SMILES string of the molecule is CC(C)[C@H]1CN(C(=O)[C@@H](C2CC=CS2)N(C(=O)CCl)c2cccc(C(F)(F)F)c2)CCN1. The van der Waals surface area contributed by atoms with E-state index < -0.39 is 29.6 Å². The van der Waals surface area contributed by atoms with Gasteiger partial charge in [-0.2, -0.15) is 13.2 Å². The zero-order valence-corrected chi connectivity index (χ0v) is 19.5. The van der Waals surface area contributed by atoms with E-state index in [1.165, 1.54) is 28.8 Å². The molecule has 0 bridgehead atoms. The molecule has 0 saturated carbocycles. The van der Waals surface area contributed by atoms with Gasteiger partial charge in [-0.05, 0) is 35.9 Å². The Balaban J connectivity index is 2.01. The molecule has 1 unspecified atom stereocenters. The fraction of sp³-hybridized carbons (Fsp3) is 0.545. The van der Waals surface area contributed by atoms with Crippen LogP contribution in [0.1, 0.15) is 25.8 Å². The van der Waals surface area contributed by atoms with Crippen LogP contribution in [0.25, 0.3) is 0 Å². The first-order valence-corrected chi connectivity index (χ1v) is 12.0. The van der Waals surface area contributed by atoms with E-state index >= 15 is 0 Å².